The Kier molecular flexibility index (Phi) is 12.2. The second-order valence-electron chi connectivity index (χ2n) is 17.8. The summed E-state index contributed by atoms with van der Waals surface area (Å²) in [6.07, 6.45) is 3.23. The number of likely N-dealkylation sites (tertiary alicyclic amines) is 2. The summed E-state index contributed by atoms with van der Waals surface area (Å²) in [5.41, 5.74) is 0.639. The zero-order chi connectivity index (χ0) is 41.3. The van der Waals surface area contributed by atoms with Crippen LogP contribution in [0.3, 0.4) is 0 Å². The number of benzene rings is 2. The maximum absolute atomic E-state index is 14.9. The van der Waals surface area contributed by atoms with Gasteiger partial charge in [-0.1, -0.05) is 71.9 Å². The van der Waals surface area contributed by atoms with E-state index in [1.54, 1.807) is 27.9 Å². The number of methoxy groups -OCH3 is 1. The third-order valence-corrected chi connectivity index (χ3v) is 13.1. The smallest absolute Gasteiger partial charge is 0.256 e. The Morgan fingerprint density at radius 1 is 0.912 bits per heavy atom. The fourth-order valence-corrected chi connectivity index (χ4v) is 9.02. The van der Waals surface area contributed by atoms with Gasteiger partial charge in [-0.05, 0) is 55.1 Å². The molecule has 14 heteroatoms. The molecule has 3 fully saturated rings. The van der Waals surface area contributed by atoms with Crippen molar-refractivity contribution in [2.45, 2.75) is 110 Å². The summed E-state index contributed by atoms with van der Waals surface area (Å²) in [5, 5.41) is 2.91. The number of rotatable bonds is 12. The molecule has 3 aliphatic rings. The molecule has 2 aliphatic heterocycles. The van der Waals surface area contributed by atoms with Gasteiger partial charge in [0.25, 0.3) is 5.91 Å². The molecule has 13 nitrogen and oxygen atoms in total. The number of fused-ring (bicyclic) bond motifs is 1. The van der Waals surface area contributed by atoms with Crippen LogP contribution in [0.15, 0.2) is 54.6 Å². The largest absolute Gasteiger partial charge is 0.497 e. The van der Waals surface area contributed by atoms with Gasteiger partial charge >= 0.3 is 0 Å². The average Bonchev–Trinajstić information content (AvgIpc) is 3.96. The van der Waals surface area contributed by atoms with Crippen molar-refractivity contribution in [2.75, 3.05) is 26.7 Å². The SMILES string of the molecule is COc1ccc2c(O[C@@H]3C[C@@H](C(=O)N[C@H](C(=O)NS(=O)(=O)C4CC4)C(C)(C)C)N(C(=O)[C@@H](CC(=O)N4CCCCC4)C(C)(C)C)C3)cc(-c3ccccc3)nc2c1. The highest BCUT2D eigenvalue weighted by Gasteiger charge is 2.48. The van der Waals surface area contributed by atoms with Crippen molar-refractivity contribution in [2.24, 2.45) is 16.7 Å². The average molecular weight is 804 g/mol. The van der Waals surface area contributed by atoms with Crippen molar-refractivity contribution >= 4 is 44.6 Å². The Bertz CT molecular complexity index is 2090. The van der Waals surface area contributed by atoms with Gasteiger partial charge in [0.15, 0.2) is 0 Å². The third-order valence-electron chi connectivity index (χ3n) is 11.2. The number of ether oxygens (including phenoxy) is 2. The summed E-state index contributed by atoms with van der Waals surface area (Å²) in [4.78, 5) is 64.8. The lowest BCUT2D eigenvalue weighted by atomic mass is 9.77. The van der Waals surface area contributed by atoms with Gasteiger partial charge in [0.2, 0.25) is 27.7 Å². The van der Waals surface area contributed by atoms with Gasteiger partial charge in [-0.15, -0.1) is 0 Å². The highest BCUT2D eigenvalue weighted by atomic mass is 32.2. The van der Waals surface area contributed by atoms with Crippen LogP contribution in [0.5, 0.6) is 11.5 Å². The molecule has 308 valence electrons. The number of piperidine rings is 1. The Morgan fingerprint density at radius 3 is 2.21 bits per heavy atom. The maximum atomic E-state index is 14.9. The highest BCUT2D eigenvalue weighted by Crippen LogP contribution is 2.38. The first-order chi connectivity index (χ1) is 26.9. The summed E-state index contributed by atoms with van der Waals surface area (Å²) >= 11 is 0. The number of nitrogens with one attached hydrogen (secondary N) is 2. The molecule has 3 aromatic rings. The van der Waals surface area contributed by atoms with Gasteiger partial charge in [-0.3, -0.25) is 23.9 Å². The summed E-state index contributed by atoms with van der Waals surface area (Å²) in [6, 6.07) is 14.7. The molecule has 0 unspecified atom stereocenters. The van der Waals surface area contributed by atoms with Crippen LogP contribution in [0.25, 0.3) is 22.2 Å². The van der Waals surface area contributed by atoms with Crippen LogP contribution < -0.4 is 19.5 Å². The molecule has 4 amide bonds. The molecule has 2 aromatic carbocycles. The van der Waals surface area contributed by atoms with Crippen LogP contribution in [0, 0.1) is 16.7 Å². The topological polar surface area (TPSA) is 164 Å². The fraction of sp³-hybridized carbons (Fsp3) is 0.558. The van der Waals surface area contributed by atoms with E-state index in [4.69, 9.17) is 14.5 Å². The minimum atomic E-state index is -3.89. The predicted molar refractivity (Wildman–Crippen MR) is 218 cm³/mol. The third kappa shape index (κ3) is 9.88. The molecule has 2 saturated heterocycles. The Morgan fingerprint density at radius 2 is 1.60 bits per heavy atom. The van der Waals surface area contributed by atoms with Crippen molar-refractivity contribution in [1.29, 1.82) is 0 Å². The van der Waals surface area contributed by atoms with Crippen molar-refractivity contribution in [3.63, 3.8) is 0 Å². The second-order valence-corrected chi connectivity index (χ2v) is 19.8. The number of carbonyl (C=O) groups excluding carboxylic acids is 4. The lowest BCUT2D eigenvalue weighted by Crippen LogP contribution is -2.59. The molecule has 1 aliphatic carbocycles. The molecule has 1 saturated carbocycles. The van der Waals surface area contributed by atoms with Crippen LogP contribution in [0.1, 0.15) is 86.5 Å². The number of pyridine rings is 1. The van der Waals surface area contributed by atoms with Crippen LogP contribution in [0.4, 0.5) is 0 Å². The molecular weight excluding hydrogens is 747 g/mol. The van der Waals surface area contributed by atoms with E-state index >= 15 is 0 Å². The standard InChI is InChI=1S/C43H57N5O8S/c1-42(2,3)32(24-37(49)47-20-12-9-13-21-47)41(52)48-26-29(23-35(48)39(50)45-38(43(4,5)6)40(51)46-57(53,54)30-17-18-30)56-36-25-33(27-14-10-8-11-15-27)44-34-22-28(55-7)16-19-31(34)36/h8,10-11,14-16,19,22,25,29-30,32,35,38H,9,12-13,17-18,20-21,23-24,26H2,1-7H3,(H,45,50)(H,46,51)/t29-,32-,35+,38-/m1/s1. The normalized spacial score (nSPS) is 20.1. The number of nitrogens with zero attached hydrogens (tertiary/aromatic N) is 3. The quantitative estimate of drug-likeness (QED) is 0.242. The van der Waals surface area contributed by atoms with E-state index in [-0.39, 0.29) is 31.2 Å². The van der Waals surface area contributed by atoms with Crippen LogP contribution in [0.2, 0.25) is 0 Å². The van der Waals surface area contributed by atoms with Crippen LogP contribution in [-0.2, 0) is 29.2 Å². The van der Waals surface area contributed by atoms with Gasteiger partial charge in [0.05, 0.1) is 36.0 Å². The molecular formula is C43H57N5O8S. The molecule has 6 rings (SSSR count). The second kappa shape index (κ2) is 16.6. The van der Waals surface area contributed by atoms with E-state index in [1.165, 1.54) is 4.90 Å². The molecule has 4 atom stereocenters. The maximum Gasteiger partial charge on any atom is 0.256 e. The van der Waals surface area contributed by atoms with E-state index in [0.29, 0.717) is 54.0 Å². The van der Waals surface area contributed by atoms with Gasteiger partial charge in [-0.25, -0.2) is 13.4 Å². The molecule has 2 N–H and O–H groups in total. The summed E-state index contributed by atoms with van der Waals surface area (Å²) in [5.74, 6) is -1.54. The zero-order valence-electron chi connectivity index (χ0n) is 34.2. The monoisotopic (exact) mass is 803 g/mol. The summed E-state index contributed by atoms with van der Waals surface area (Å²) < 4.78 is 40.0. The number of carbonyl (C=O) groups is 4. The minimum absolute atomic E-state index is 0.0119. The number of hydrogen-bond donors (Lipinski definition) is 2. The molecule has 57 heavy (non-hydrogen) atoms. The fourth-order valence-electron chi connectivity index (χ4n) is 7.70. The van der Waals surface area contributed by atoms with E-state index in [0.717, 1.165) is 24.8 Å². The predicted octanol–water partition coefficient (Wildman–Crippen LogP) is 5.46. The van der Waals surface area contributed by atoms with Gasteiger partial charge in [-0.2, -0.15) is 0 Å². The van der Waals surface area contributed by atoms with Crippen LogP contribution in [-0.4, -0.2) is 97.0 Å². The number of hydrogen-bond acceptors (Lipinski definition) is 9. The Labute approximate surface area is 336 Å². The number of sulfonamides is 1. The molecule has 0 bridgehead atoms. The summed E-state index contributed by atoms with van der Waals surface area (Å²) in [7, 11) is -2.31. The van der Waals surface area contributed by atoms with Crippen molar-refractivity contribution < 1.29 is 37.1 Å². The molecule has 0 spiro atoms. The van der Waals surface area contributed by atoms with Gasteiger partial charge in [0, 0.05) is 49.0 Å². The Balaban J connectivity index is 1.34. The lowest BCUT2D eigenvalue weighted by Gasteiger charge is -2.37. The van der Waals surface area contributed by atoms with Crippen molar-refractivity contribution in [3.05, 3.63) is 54.6 Å². The molecule has 1 aromatic heterocycles. The zero-order valence-corrected chi connectivity index (χ0v) is 35.0. The van der Waals surface area contributed by atoms with E-state index in [1.807, 2.05) is 80.3 Å². The van der Waals surface area contributed by atoms with Gasteiger partial charge < -0.3 is 24.6 Å². The van der Waals surface area contributed by atoms with E-state index in [2.05, 4.69) is 10.0 Å². The lowest BCUT2D eigenvalue weighted by molar-refractivity contribution is -0.149. The van der Waals surface area contributed by atoms with E-state index in [9.17, 15) is 27.6 Å². The number of amides is 4. The van der Waals surface area contributed by atoms with Crippen molar-refractivity contribution in [3.8, 4) is 22.8 Å². The Hall–Kier alpha value is -4.72. The minimum Gasteiger partial charge on any atom is -0.497 e. The van der Waals surface area contributed by atoms with Crippen LogP contribution >= 0.6 is 0 Å². The summed E-state index contributed by atoms with van der Waals surface area (Å²) in [6.45, 7) is 12.3. The molecule has 0 radical (unpaired) electrons. The number of aromatic nitrogens is 1. The van der Waals surface area contributed by atoms with Gasteiger partial charge in [0.1, 0.15) is 29.7 Å². The highest BCUT2D eigenvalue weighted by molar-refractivity contribution is 7.90. The first-order valence-electron chi connectivity index (χ1n) is 20.0. The first-order valence-corrected chi connectivity index (χ1v) is 21.6. The first kappa shape index (κ1) is 41.9. The molecule has 3 heterocycles. The van der Waals surface area contributed by atoms with E-state index < -0.39 is 62.0 Å². The van der Waals surface area contributed by atoms with Crippen molar-refractivity contribution in [1.82, 2.24) is 24.8 Å².